The van der Waals surface area contributed by atoms with Crippen molar-refractivity contribution in [3.8, 4) is 10.6 Å². The van der Waals surface area contributed by atoms with Gasteiger partial charge in [-0.2, -0.15) is 0 Å². The van der Waals surface area contributed by atoms with Crippen molar-refractivity contribution in [3.05, 3.63) is 48.3 Å². The lowest BCUT2D eigenvalue weighted by atomic mass is 10.2. The number of aliphatic hydroxyl groups excluding tert-OH is 2. The summed E-state index contributed by atoms with van der Waals surface area (Å²) in [6, 6.07) is 9.59. The molecule has 0 saturated carbocycles. The summed E-state index contributed by atoms with van der Waals surface area (Å²) in [4.78, 5) is 16.6. The van der Waals surface area contributed by atoms with E-state index >= 15 is 0 Å². The zero-order valence-corrected chi connectivity index (χ0v) is 15.6. The molecule has 0 radical (unpaired) electrons. The second-order valence-corrected chi connectivity index (χ2v) is 7.46. The van der Waals surface area contributed by atoms with Crippen LogP contribution in [-0.2, 0) is 6.42 Å². The number of aromatic nitrogens is 3. The maximum Gasteiger partial charge on any atom is 0.185 e. The van der Waals surface area contributed by atoms with Gasteiger partial charge in [0.1, 0.15) is 11.6 Å². The van der Waals surface area contributed by atoms with Crippen LogP contribution < -0.4 is 10.2 Å². The quantitative estimate of drug-likeness (QED) is 0.602. The third-order valence-electron chi connectivity index (χ3n) is 4.41. The number of hydrogen-bond acceptors (Lipinski definition) is 8. The highest BCUT2D eigenvalue weighted by molar-refractivity contribution is 7.18. The van der Waals surface area contributed by atoms with Gasteiger partial charge in [0, 0.05) is 32.1 Å². The lowest BCUT2D eigenvalue weighted by Gasteiger charge is -2.12. The Morgan fingerprint density at radius 2 is 2.15 bits per heavy atom. The van der Waals surface area contributed by atoms with Crippen molar-refractivity contribution in [2.24, 2.45) is 0 Å². The van der Waals surface area contributed by atoms with E-state index in [1.807, 2.05) is 36.5 Å². The van der Waals surface area contributed by atoms with E-state index in [1.54, 1.807) is 17.5 Å². The molecule has 4 rings (SSSR count). The maximum atomic E-state index is 9.71. The Balaban J connectivity index is 1.51. The number of aliphatic hydroxyl groups is 2. The highest BCUT2D eigenvalue weighted by Gasteiger charge is 2.23. The third kappa shape index (κ3) is 4.24. The molecule has 0 aliphatic carbocycles. The van der Waals surface area contributed by atoms with Gasteiger partial charge in [-0.15, -0.1) is 0 Å². The van der Waals surface area contributed by atoms with Crippen molar-refractivity contribution in [3.63, 3.8) is 0 Å². The Bertz CT molecular complexity index is 916. The zero-order valence-electron chi connectivity index (χ0n) is 14.7. The molecular formula is C19H21N5O2S. The lowest BCUT2D eigenvalue weighted by Crippen LogP contribution is -2.20. The first kappa shape index (κ1) is 17.8. The average molecular weight is 383 g/mol. The molecule has 140 valence electrons. The highest BCUT2D eigenvalue weighted by Crippen LogP contribution is 2.32. The molecule has 27 heavy (non-hydrogen) atoms. The van der Waals surface area contributed by atoms with Crippen LogP contribution in [0.1, 0.15) is 12.0 Å². The molecule has 1 atom stereocenters. The van der Waals surface area contributed by atoms with E-state index in [-0.39, 0.29) is 12.7 Å². The van der Waals surface area contributed by atoms with E-state index in [2.05, 4.69) is 25.2 Å². The Labute approximate surface area is 161 Å². The van der Waals surface area contributed by atoms with Gasteiger partial charge >= 0.3 is 0 Å². The first-order valence-corrected chi connectivity index (χ1v) is 9.72. The van der Waals surface area contributed by atoms with Crippen molar-refractivity contribution in [1.82, 2.24) is 15.0 Å². The molecule has 3 N–H and O–H groups in total. The number of rotatable bonds is 6. The monoisotopic (exact) mass is 383 g/mol. The first-order valence-electron chi connectivity index (χ1n) is 8.90. The second-order valence-electron chi connectivity index (χ2n) is 6.45. The summed E-state index contributed by atoms with van der Waals surface area (Å²) >= 11 is 1.58. The molecular weight excluding hydrogens is 362 g/mol. The van der Waals surface area contributed by atoms with Crippen LogP contribution in [0.5, 0.6) is 0 Å². The van der Waals surface area contributed by atoms with Crippen LogP contribution in [0.3, 0.4) is 0 Å². The van der Waals surface area contributed by atoms with Gasteiger partial charge in [-0.25, -0.2) is 15.0 Å². The molecule has 0 bridgehead atoms. The minimum atomic E-state index is -0.267. The number of nitrogens with zero attached hydrogens (tertiary/aromatic N) is 4. The summed E-state index contributed by atoms with van der Waals surface area (Å²) in [5.41, 5.74) is 1.86. The summed E-state index contributed by atoms with van der Waals surface area (Å²) in [5.74, 6) is 1.40. The van der Waals surface area contributed by atoms with E-state index in [1.165, 1.54) is 0 Å². The molecule has 1 aliphatic heterocycles. The Morgan fingerprint density at radius 3 is 2.96 bits per heavy atom. The molecule has 0 amide bonds. The van der Waals surface area contributed by atoms with Crippen LogP contribution >= 0.6 is 11.3 Å². The normalized spacial score (nSPS) is 16.7. The minimum Gasteiger partial charge on any atom is -0.396 e. The van der Waals surface area contributed by atoms with E-state index in [0.717, 1.165) is 34.2 Å². The van der Waals surface area contributed by atoms with Crippen molar-refractivity contribution in [2.75, 3.05) is 29.9 Å². The largest absolute Gasteiger partial charge is 0.396 e. The third-order valence-corrected chi connectivity index (χ3v) is 5.49. The zero-order chi connectivity index (χ0) is 18.6. The Morgan fingerprint density at radius 1 is 1.22 bits per heavy atom. The molecule has 1 fully saturated rings. The fraction of sp³-hybridized carbons (Fsp3) is 0.316. The van der Waals surface area contributed by atoms with Gasteiger partial charge in [-0.3, -0.25) is 0 Å². The standard InChI is InChI=1S/C19H21N5O2S/c25-9-6-13-4-7-20-18(10-13)23-17-3-1-2-15(22-17)16-11-21-19(27-16)24-8-5-14(26)12-24/h1-4,7,10-11,14,25-26H,5-6,8-9,12H2,(H,20,22,23)/t14-/m1/s1. The highest BCUT2D eigenvalue weighted by atomic mass is 32.1. The van der Waals surface area contributed by atoms with Gasteiger partial charge in [0.2, 0.25) is 0 Å². The van der Waals surface area contributed by atoms with Crippen LogP contribution in [0.4, 0.5) is 16.8 Å². The summed E-state index contributed by atoms with van der Waals surface area (Å²) in [5, 5.41) is 22.9. The van der Waals surface area contributed by atoms with Crippen LogP contribution in [0.25, 0.3) is 10.6 Å². The molecule has 0 aromatic carbocycles. The summed E-state index contributed by atoms with van der Waals surface area (Å²) in [7, 11) is 0. The van der Waals surface area contributed by atoms with Crippen molar-refractivity contribution in [2.45, 2.75) is 18.9 Å². The second kappa shape index (κ2) is 7.99. The van der Waals surface area contributed by atoms with Gasteiger partial charge in [-0.1, -0.05) is 17.4 Å². The van der Waals surface area contributed by atoms with E-state index in [0.29, 0.717) is 24.6 Å². The molecule has 3 aromatic heterocycles. The SMILES string of the molecule is OCCc1ccnc(Nc2cccc(-c3cnc(N4CC[C@@H](O)C4)s3)n2)c1. The average Bonchev–Trinajstić information content (AvgIpc) is 3.32. The van der Waals surface area contributed by atoms with Crippen LogP contribution in [0.2, 0.25) is 0 Å². The predicted octanol–water partition coefficient (Wildman–Crippen LogP) is 2.45. The number of β-amino-alcohol motifs (C(OH)–C–C–N with tert-alkyl or cyclic N) is 1. The van der Waals surface area contributed by atoms with Gasteiger partial charge in [-0.05, 0) is 42.7 Å². The number of hydrogen-bond donors (Lipinski definition) is 3. The lowest BCUT2D eigenvalue weighted by molar-refractivity contribution is 0.198. The summed E-state index contributed by atoms with van der Waals surface area (Å²) in [6.07, 6.45) is 4.67. The van der Waals surface area contributed by atoms with Crippen LogP contribution in [0.15, 0.2) is 42.7 Å². The van der Waals surface area contributed by atoms with E-state index in [4.69, 9.17) is 5.11 Å². The molecule has 8 heteroatoms. The summed E-state index contributed by atoms with van der Waals surface area (Å²) in [6.45, 7) is 1.58. The molecule has 0 spiro atoms. The Hall–Kier alpha value is -2.55. The molecule has 3 aromatic rings. The number of thiazole rings is 1. The molecule has 1 saturated heterocycles. The predicted molar refractivity (Wildman–Crippen MR) is 106 cm³/mol. The van der Waals surface area contributed by atoms with Gasteiger partial charge in [0.05, 0.1) is 16.7 Å². The smallest absolute Gasteiger partial charge is 0.185 e. The first-order chi connectivity index (χ1) is 13.2. The van der Waals surface area contributed by atoms with E-state index < -0.39 is 0 Å². The van der Waals surface area contributed by atoms with Gasteiger partial charge in [0.15, 0.2) is 5.13 Å². The van der Waals surface area contributed by atoms with Crippen molar-refractivity contribution >= 4 is 28.1 Å². The maximum absolute atomic E-state index is 9.71. The fourth-order valence-electron chi connectivity index (χ4n) is 3.05. The number of nitrogens with one attached hydrogen (secondary N) is 1. The fourth-order valence-corrected chi connectivity index (χ4v) is 3.97. The van der Waals surface area contributed by atoms with Crippen molar-refractivity contribution in [1.29, 1.82) is 0 Å². The summed E-state index contributed by atoms with van der Waals surface area (Å²) < 4.78 is 0. The van der Waals surface area contributed by atoms with Gasteiger partial charge in [0.25, 0.3) is 0 Å². The van der Waals surface area contributed by atoms with Crippen LogP contribution in [-0.4, -0.2) is 51.0 Å². The number of anilines is 3. The Kier molecular flexibility index (Phi) is 5.28. The van der Waals surface area contributed by atoms with Gasteiger partial charge < -0.3 is 20.4 Å². The van der Waals surface area contributed by atoms with Crippen LogP contribution in [0, 0.1) is 0 Å². The molecule has 4 heterocycles. The molecule has 0 unspecified atom stereocenters. The molecule has 7 nitrogen and oxygen atoms in total. The molecule has 1 aliphatic rings. The topological polar surface area (TPSA) is 94.4 Å². The van der Waals surface area contributed by atoms with E-state index in [9.17, 15) is 5.11 Å². The number of pyridine rings is 2. The van der Waals surface area contributed by atoms with Crippen molar-refractivity contribution < 1.29 is 10.2 Å². The minimum absolute atomic E-state index is 0.110.